The van der Waals surface area contributed by atoms with Crippen LogP contribution in [0.25, 0.3) is 0 Å². The van der Waals surface area contributed by atoms with Crippen molar-refractivity contribution in [3.63, 3.8) is 0 Å². The van der Waals surface area contributed by atoms with Crippen LogP contribution in [-0.2, 0) is 9.47 Å². The van der Waals surface area contributed by atoms with Crippen LogP contribution in [-0.4, -0.2) is 66.1 Å². The average molecular weight is 330 g/mol. The molecular weight excluding hydrogens is 300 g/mol. The largest absolute Gasteiger partial charge is 0.387 e. The van der Waals surface area contributed by atoms with Gasteiger partial charge in [-0.2, -0.15) is 0 Å². The lowest BCUT2D eigenvalue weighted by Gasteiger charge is -2.47. The second kappa shape index (κ2) is 7.11. The maximum Gasteiger partial charge on any atom is 0.116 e. The number of ether oxygens (including phenoxy) is 2. The van der Waals surface area contributed by atoms with Gasteiger partial charge in [0.15, 0.2) is 0 Å². The molecule has 0 bridgehead atoms. The van der Waals surface area contributed by atoms with Gasteiger partial charge in [-0.3, -0.25) is 0 Å². The third kappa shape index (κ3) is 4.18. The number of rotatable bonds is 4. The molecule has 2 fully saturated rings. The Labute approximate surface area is 134 Å². The zero-order valence-corrected chi connectivity index (χ0v) is 15.0. The molecule has 2 heterocycles. The first kappa shape index (κ1) is 18.1. The molecule has 5 nitrogen and oxygen atoms in total. The number of hydrogen-bond acceptors (Lipinski definition) is 5. The van der Waals surface area contributed by atoms with E-state index < -0.39 is 38.6 Å². The summed E-state index contributed by atoms with van der Waals surface area (Å²) in [6, 6.07) is 0. The first-order valence-electron chi connectivity index (χ1n) is 8.27. The molecule has 2 rings (SSSR count). The van der Waals surface area contributed by atoms with Crippen molar-refractivity contribution in [2.45, 2.75) is 88.6 Å². The van der Waals surface area contributed by atoms with E-state index in [2.05, 4.69) is 19.6 Å². The van der Waals surface area contributed by atoms with Crippen molar-refractivity contribution in [1.82, 2.24) is 0 Å². The second-order valence-corrected chi connectivity index (χ2v) is 12.6. The molecule has 128 valence electrons. The van der Waals surface area contributed by atoms with E-state index in [-0.39, 0.29) is 12.2 Å². The molecule has 2 aliphatic heterocycles. The van der Waals surface area contributed by atoms with Gasteiger partial charge < -0.3 is 24.8 Å². The second-order valence-electron chi connectivity index (χ2n) is 7.54. The zero-order valence-electron chi connectivity index (χ0n) is 14.0. The van der Waals surface area contributed by atoms with E-state index >= 15 is 0 Å². The molecule has 2 aliphatic rings. The fourth-order valence-corrected chi connectivity index (χ4v) is 3.86. The number of aliphatic hydroxyl groups is 3. The summed E-state index contributed by atoms with van der Waals surface area (Å²) in [5.74, 6) is 0. The molecule has 3 N–H and O–H groups in total. The van der Waals surface area contributed by atoms with Crippen molar-refractivity contribution in [3.8, 4) is 0 Å². The fourth-order valence-electron chi connectivity index (χ4n) is 3.09. The molecule has 0 amide bonds. The van der Waals surface area contributed by atoms with Crippen molar-refractivity contribution in [2.75, 3.05) is 0 Å². The summed E-state index contributed by atoms with van der Waals surface area (Å²) in [7, 11) is -1.44. The Morgan fingerprint density at radius 3 is 2.41 bits per heavy atom. The molecule has 0 aromatic heterocycles. The minimum atomic E-state index is -1.44. The Bertz CT molecular complexity index is 392. The monoisotopic (exact) mass is 330 g/mol. The predicted molar refractivity (Wildman–Crippen MR) is 87.4 cm³/mol. The molecule has 0 spiro atoms. The van der Waals surface area contributed by atoms with Gasteiger partial charge in [0.1, 0.15) is 30.5 Å². The van der Waals surface area contributed by atoms with Crippen LogP contribution in [0.15, 0.2) is 11.8 Å². The van der Waals surface area contributed by atoms with E-state index in [1.807, 2.05) is 12.6 Å². The van der Waals surface area contributed by atoms with Gasteiger partial charge in [-0.05, 0) is 19.3 Å². The lowest BCUT2D eigenvalue weighted by molar-refractivity contribution is -0.274. The Kier molecular flexibility index (Phi) is 5.85. The highest BCUT2D eigenvalue weighted by atomic mass is 28.3. The Morgan fingerprint density at radius 1 is 1.14 bits per heavy atom. The van der Waals surface area contributed by atoms with Crippen LogP contribution in [0, 0.1) is 0 Å². The van der Waals surface area contributed by atoms with Crippen molar-refractivity contribution < 1.29 is 24.8 Å². The van der Waals surface area contributed by atoms with Crippen molar-refractivity contribution >= 4 is 8.07 Å². The van der Waals surface area contributed by atoms with E-state index in [4.69, 9.17) is 9.47 Å². The van der Waals surface area contributed by atoms with Gasteiger partial charge in [0, 0.05) is 0 Å². The van der Waals surface area contributed by atoms with Crippen LogP contribution in [0.5, 0.6) is 0 Å². The topological polar surface area (TPSA) is 79.2 Å². The third-order valence-corrected chi connectivity index (χ3v) is 5.62. The molecule has 6 heteroatoms. The molecule has 22 heavy (non-hydrogen) atoms. The van der Waals surface area contributed by atoms with Gasteiger partial charge >= 0.3 is 0 Å². The van der Waals surface area contributed by atoms with E-state index in [0.717, 1.165) is 19.3 Å². The summed E-state index contributed by atoms with van der Waals surface area (Å²) in [5, 5.41) is 31.0. The Balaban J connectivity index is 2.05. The lowest BCUT2D eigenvalue weighted by Crippen LogP contribution is -2.63. The van der Waals surface area contributed by atoms with Crippen LogP contribution >= 0.6 is 0 Å². The SMILES string of the molecule is CC[C@H]1CC[C@@H]2O[C@@H]([C@@H](O)/C=C/[Si](C)(C)C)C(O)[C@@H](O)[C@H]2O1. The molecular formula is C16H30O5Si. The molecule has 0 aliphatic carbocycles. The molecule has 0 aromatic rings. The summed E-state index contributed by atoms with van der Waals surface area (Å²) in [6.07, 6.45) is -0.276. The van der Waals surface area contributed by atoms with E-state index in [1.54, 1.807) is 6.08 Å². The molecule has 0 radical (unpaired) electrons. The summed E-state index contributed by atoms with van der Waals surface area (Å²) < 4.78 is 11.7. The summed E-state index contributed by atoms with van der Waals surface area (Å²) in [6.45, 7) is 8.54. The number of aliphatic hydroxyl groups excluding tert-OH is 3. The minimum absolute atomic E-state index is 0.111. The maximum absolute atomic E-state index is 10.4. The number of fused-ring (bicyclic) bond motifs is 1. The number of hydrogen-bond donors (Lipinski definition) is 3. The molecule has 2 saturated heterocycles. The van der Waals surface area contributed by atoms with Crippen LogP contribution in [0.4, 0.5) is 0 Å². The van der Waals surface area contributed by atoms with Gasteiger partial charge in [0.05, 0.1) is 20.3 Å². The van der Waals surface area contributed by atoms with E-state index in [1.165, 1.54) is 0 Å². The first-order chi connectivity index (χ1) is 10.2. The highest BCUT2D eigenvalue weighted by Crippen LogP contribution is 2.33. The van der Waals surface area contributed by atoms with Gasteiger partial charge in [-0.15, -0.1) is 0 Å². The smallest absolute Gasteiger partial charge is 0.116 e. The third-order valence-electron chi connectivity index (χ3n) is 4.43. The van der Waals surface area contributed by atoms with E-state index in [0.29, 0.717) is 0 Å². The Morgan fingerprint density at radius 2 is 1.82 bits per heavy atom. The van der Waals surface area contributed by atoms with E-state index in [9.17, 15) is 15.3 Å². The van der Waals surface area contributed by atoms with Gasteiger partial charge in [0.25, 0.3) is 0 Å². The molecule has 7 atom stereocenters. The van der Waals surface area contributed by atoms with Crippen LogP contribution in [0.2, 0.25) is 19.6 Å². The van der Waals surface area contributed by atoms with Crippen molar-refractivity contribution in [3.05, 3.63) is 11.8 Å². The highest BCUT2D eigenvalue weighted by molar-refractivity contribution is 6.80. The van der Waals surface area contributed by atoms with Crippen LogP contribution in [0.3, 0.4) is 0 Å². The van der Waals surface area contributed by atoms with Gasteiger partial charge in [-0.1, -0.05) is 38.3 Å². The average Bonchev–Trinajstić information content (AvgIpc) is 2.47. The fraction of sp³-hybridized carbons (Fsp3) is 0.875. The summed E-state index contributed by atoms with van der Waals surface area (Å²) in [5.41, 5.74) is 2.02. The minimum Gasteiger partial charge on any atom is -0.387 e. The molecule has 1 unspecified atom stereocenters. The zero-order chi connectivity index (χ0) is 16.5. The maximum atomic E-state index is 10.4. The summed E-state index contributed by atoms with van der Waals surface area (Å²) in [4.78, 5) is 0. The normalized spacial score (nSPS) is 41.4. The lowest BCUT2D eigenvalue weighted by atomic mass is 9.87. The van der Waals surface area contributed by atoms with Crippen LogP contribution < -0.4 is 0 Å². The Hall–Kier alpha value is -0.243. The van der Waals surface area contributed by atoms with Gasteiger partial charge in [0.2, 0.25) is 0 Å². The standard InChI is InChI=1S/C16H30O5Si/c1-5-10-6-7-12-16(20-10)14(19)13(18)15(21-12)11(17)8-9-22(2,3)4/h8-19H,5-7H2,1-4H3/b9-8+/t10-,11-,12-,13?,14+,15-,16-/m0/s1. The molecule has 0 saturated carbocycles. The first-order valence-corrected chi connectivity index (χ1v) is 11.8. The van der Waals surface area contributed by atoms with Crippen molar-refractivity contribution in [2.24, 2.45) is 0 Å². The molecule has 0 aromatic carbocycles. The predicted octanol–water partition coefficient (Wildman–Crippen LogP) is 1.23. The highest BCUT2D eigenvalue weighted by Gasteiger charge is 2.49. The summed E-state index contributed by atoms with van der Waals surface area (Å²) >= 11 is 0. The van der Waals surface area contributed by atoms with Crippen molar-refractivity contribution in [1.29, 1.82) is 0 Å². The van der Waals surface area contributed by atoms with Gasteiger partial charge in [-0.25, -0.2) is 0 Å². The van der Waals surface area contributed by atoms with Crippen LogP contribution in [0.1, 0.15) is 26.2 Å². The quantitative estimate of drug-likeness (QED) is 0.676.